The van der Waals surface area contributed by atoms with Crippen LogP contribution in [0.15, 0.2) is 0 Å². The second-order valence-corrected chi connectivity index (χ2v) is 4.18. The van der Waals surface area contributed by atoms with E-state index in [2.05, 4.69) is 9.47 Å². The molecule has 0 aliphatic carbocycles. The minimum atomic E-state index is -1.40. The van der Waals surface area contributed by atoms with Crippen LogP contribution in [0.4, 0.5) is 0 Å². The molecule has 7 heteroatoms. The Morgan fingerprint density at radius 3 is 1.74 bits per heavy atom. The van der Waals surface area contributed by atoms with Crippen LogP contribution in [0.5, 0.6) is 0 Å². The zero-order chi connectivity index (χ0) is 14.4. The van der Waals surface area contributed by atoms with Gasteiger partial charge in [0.15, 0.2) is 12.2 Å². The van der Waals surface area contributed by atoms with Gasteiger partial charge >= 0.3 is 11.9 Å². The second-order valence-electron chi connectivity index (χ2n) is 4.18. The number of hydrogen-bond acceptors (Lipinski definition) is 7. The lowest BCUT2D eigenvalue weighted by atomic mass is 10.1. The Balaban J connectivity index is 2.49. The van der Waals surface area contributed by atoms with Gasteiger partial charge in [-0.3, -0.25) is 0 Å². The number of carbonyl (C=O) groups excluding carboxylic acids is 2. The molecule has 4 atom stereocenters. The number of aliphatic hydroxyl groups is 2. The second kappa shape index (κ2) is 7.42. The summed E-state index contributed by atoms with van der Waals surface area (Å²) in [6.45, 7) is 3.59. The zero-order valence-electron chi connectivity index (χ0n) is 11.1. The maximum Gasteiger partial charge on any atom is 0.337 e. The van der Waals surface area contributed by atoms with Crippen LogP contribution in [0.3, 0.4) is 0 Å². The van der Waals surface area contributed by atoms with Crippen LogP contribution in [-0.4, -0.2) is 59.8 Å². The highest BCUT2D eigenvalue weighted by Gasteiger charge is 2.40. The highest BCUT2D eigenvalue weighted by atomic mass is 16.6. The molecule has 110 valence electrons. The van der Waals surface area contributed by atoms with Crippen molar-refractivity contribution >= 4 is 11.9 Å². The largest absolute Gasteiger partial charge is 0.464 e. The minimum absolute atomic E-state index is 0.164. The lowest BCUT2D eigenvalue weighted by molar-refractivity contribution is -0.169. The van der Waals surface area contributed by atoms with Crippen LogP contribution in [0.25, 0.3) is 0 Å². The Morgan fingerprint density at radius 2 is 1.42 bits per heavy atom. The molecule has 1 aliphatic rings. The maximum atomic E-state index is 11.3. The predicted molar refractivity (Wildman–Crippen MR) is 63.2 cm³/mol. The third-order valence-electron chi connectivity index (χ3n) is 2.85. The molecule has 0 spiro atoms. The van der Waals surface area contributed by atoms with Crippen LogP contribution in [0.2, 0.25) is 0 Å². The van der Waals surface area contributed by atoms with Crippen molar-refractivity contribution in [1.82, 2.24) is 0 Å². The molecule has 19 heavy (non-hydrogen) atoms. The fraction of sp³-hybridized carbons (Fsp3) is 0.833. The van der Waals surface area contributed by atoms with Gasteiger partial charge in [0, 0.05) is 0 Å². The summed E-state index contributed by atoms with van der Waals surface area (Å²) in [7, 11) is 0. The fourth-order valence-electron chi connectivity index (χ4n) is 1.91. The average molecular weight is 276 g/mol. The number of aliphatic hydroxyl groups excluding tert-OH is 2. The normalized spacial score (nSPS) is 25.7. The average Bonchev–Trinajstić information content (AvgIpc) is 2.87. The molecule has 0 aromatic heterocycles. The van der Waals surface area contributed by atoms with E-state index in [1.54, 1.807) is 13.8 Å². The summed E-state index contributed by atoms with van der Waals surface area (Å²) in [5.41, 5.74) is 0. The molecule has 0 aromatic rings. The molecule has 1 rings (SSSR count). The van der Waals surface area contributed by atoms with Gasteiger partial charge in [0.2, 0.25) is 0 Å². The highest BCUT2D eigenvalue weighted by Crippen LogP contribution is 2.25. The smallest absolute Gasteiger partial charge is 0.337 e. The summed E-state index contributed by atoms with van der Waals surface area (Å²) in [6, 6.07) is 0. The van der Waals surface area contributed by atoms with Gasteiger partial charge in [-0.25, -0.2) is 9.59 Å². The quantitative estimate of drug-likeness (QED) is 0.623. The van der Waals surface area contributed by atoms with Crippen LogP contribution >= 0.6 is 0 Å². The molecule has 1 saturated heterocycles. The maximum absolute atomic E-state index is 11.3. The number of esters is 2. The Morgan fingerprint density at radius 1 is 1.05 bits per heavy atom. The molecule has 7 nitrogen and oxygen atoms in total. The summed E-state index contributed by atoms with van der Waals surface area (Å²) in [6.07, 6.45) is -3.62. The number of carbonyl (C=O) groups is 2. The number of hydrogen-bond donors (Lipinski definition) is 2. The Bertz CT molecular complexity index is 287. The topological polar surface area (TPSA) is 102 Å². The van der Waals surface area contributed by atoms with Crippen molar-refractivity contribution in [1.29, 1.82) is 0 Å². The number of ether oxygens (including phenoxy) is 3. The molecule has 0 amide bonds. The summed E-state index contributed by atoms with van der Waals surface area (Å²) >= 11 is 0. The van der Waals surface area contributed by atoms with Crippen molar-refractivity contribution in [2.75, 3.05) is 13.2 Å². The van der Waals surface area contributed by atoms with Crippen LogP contribution in [0, 0.1) is 0 Å². The monoisotopic (exact) mass is 276 g/mol. The van der Waals surface area contributed by atoms with Crippen LogP contribution < -0.4 is 0 Å². The molecule has 1 aliphatic heterocycles. The van der Waals surface area contributed by atoms with Gasteiger partial charge in [0.25, 0.3) is 0 Å². The van der Waals surface area contributed by atoms with E-state index in [4.69, 9.17) is 4.74 Å². The van der Waals surface area contributed by atoms with E-state index in [9.17, 15) is 19.8 Å². The van der Waals surface area contributed by atoms with E-state index in [1.807, 2.05) is 0 Å². The lowest BCUT2D eigenvalue weighted by Gasteiger charge is -2.20. The lowest BCUT2D eigenvalue weighted by Crippen LogP contribution is -2.39. The van der Waals surface area contributed by atoms with E-state index < -0.39 is 36.4 Å². The van der Waals surface area contributed by atoms with E-state index >= 15 is 0 Å². The molecular formula is C12H20O7. The van der Waals surface area contributed by atoms with Gasteiger partial charge in [-0.05, 0) is 26.7 Å². The molecule has 1 fully saturated rings. The Hall–Kier alpha value is -1.18. The van der Waals surface area contributed by atoms with Crippen molar-refractivity contribution in [3.8, 4) is 0 Å². The first-order valence-corrected chi connectivity index (χ1v) is 6.36. The van der Waals surface area contributed by atoms with Crippen molar-refractivity contribution in [3.05, 3.63) is 0 Å². The standard InChI is InChI=1S/C12H20O7/c1-3-17-11(15)9(13)7-5-6-8(19-7)10(14)12(16)18-4-2/h7-10,13-14H,3-6H2,1-2H3/t7-,8+,9-,10+. The number of rotatable bonds is 6. The fourth-order valence-corrected chi connectivity index (χ4v) is 1.91. The van der Waals surface area contributed by atoms with E-state index in [0.29, 0.717) is 12.8 Å². The van der Waals surface area contributed by atoms with Gasteiger partial charge < -0.3 is 24.4 Å². The predicted octanol–water partition coefficient (Wildman–Crippen LogP) is -0.618. The van der Waals surface area contributed by atoms with Crippen molar-refractivity contribution in [3.63, 3.8) is 0 Å². The van der Waals surface area contributed by atoms with E-state index in [0.717, 1.165) is 0 Å². The molecule has 0 unspecified atom stereocenters. The van der Waals surface area contributed by atoms with Crippen molar-refractivity contribution in [2.24, 2.45) is 0 Å². The third kappa shape index (κ3) is 4.15. The first-order valence-electron chi connectivity index (χ1n) is 6.36. The van der Waals surface area contributed by atoms with Gasteiger partial charge in [0.1, 0.15) is 0 Å². The first-order chi connectivity index (χ1) is 9.01. The van der Waals surface area contributed by atoms with E-state index in [1.165, 1.54) is 0 Å². The first kappa shape index (κ1) is 15.9. The molecule has 0 bridgehead atoms. The summed E-state index contributed by atoms with van der Waals surface area (Å²) in [5.74, 6) is -1.53. The van der Waals surface area contributed by atoms with Gasteiger partial charge in [-0.15, -0.1) is 0 Å². The molecule has 1 heterocycles. The molecule has 0 radical (unpaired) electrons. The summed E-state index contributed by atoms with van der Waals surface area (Å²) in [5, 5.41) is 19.4. The highest BCUT2D eigenvalue weighted by molar-refractivity contribution is 5.76. The van der Waals surface area contributed by atoms with Gasteiger partial charge in [0.05, 0.1) is 25.4 Å². The molecule has 0 saturated carbocycles. The Labute approximate surface area is 111 Å². The van der Waals surface area contributed by atoms with Crippen molar-refractivity contribution in [2.45, 2.75) is 51.1 Å². The summed E-state index contributed by atoms with van der Waals surface area (Å²) < 4.78 is 14.7. The third-order valence-corrected chi connectivity index (χ3v) is 2.85. The van der Waals surface area contributed by atoms with Crippen molar-refractivity contribution < 1.29 is 34.0 Å². The Kier molecular flexibility index (Phi) is 6.20. The molecule has 0 aromatic carbocycles. The van der Waals surface area contributed by atoms with E-state index in [-0.39, 0.29) is 13.2 Å². The molecule has 2 N–H and O–H groups in total. The minimum Gasteiger partial charge on any atom is -0.464 e. The molecular weight excluding hydrogens is 256 g/mol. The van der Waals surface area contributed by atoms with Crippen LogP contribution in [-0.2, 0) is 23.8 Å². The van der Waals surface area contributed by atoms with Gasteiger partial charge in [-0.1, -0.05) is 0 Å². The van der Waals surface area contributed by atoms with Gasteiger partial charge in [-0.2, -0.15) is 0 Å². The zero-order valence-corrected chi connectivity index (χ0v) is 11.1. The van der Waals surface area contributed by atoms with Crippen LogP contribution in [0.1, 0.15) is 26.7 Å². The SMILES string of the molecule is CCOC(=O)[C@@H](O)[C@@H]1CC[C@H]([C@@H](O)C(=O)OCC)O1. The summed E-state index contributed by atoms with van der Waals surface area (Å²) in [4.78, 5) is 22.7.